The Kier molecular flexibility index (Phi) is 5.40. The van der Waals surface area contributed by atoms with Crippen LogP contribution in [0.15, 0.2) is 45.9 Å². The molecule has 2 heterocycles. The van der Waals surface area contributed by atoms with Crippen LogP contribution < -0.4 is 5.32 Å². The third kappa shape index (κ3) is 4.12. The lowest BCUT2D eigenvalue weighted by Gasteiger charge is -2.12. The van der Waals surface area contributed by atoms with E-state index in [4.69, 9.17) is 21.3 Å². The molecule has 1 N–H and O–H groups in total. The van der Waals surface area contributed by atoms with Gasteiger partial charge in [0.1, 0.15) is 12.3 Å². The minimum Gasteiger partial charge on any atom is -0.439 e. The highest BCUT2D eigenvalue weighted by Gasteiger charge is 2.15. The molecule has 1 aromatic carbocycles. The van der Waals surface area contributed by atoms with Gasteiger partial charge in [-0.3, -0.25) is 9.48 Å². The minimum atomic E-state index is -0.321. The van der Waals surface area contributed by atoms with E-state index in [-0.39, 0.29) is 22.4 Å². The molecule has 0 saturated heterocycles. The van der Waals surface area contributed by atoms with Crippen LogP contribution in [0.5, 0.6) is 0 Å². The normalized spacial score (nSPS) is 11.8. The second kappa shape index (κ2) is 7.72. The molecule has 0 saturated carbocycles. The van der Waals surface area contributed by atoms with E-state index >= 15 is 0 Å². The summed E-state index contributed by atoms with van der Waals surface area (Å²) in [4.78, 5) is 16.2. The smallest absolute Gasteiger partial charge is 0.273 e. The maximum atomic E-state index is 12.1. The second-order valence-corrected chi connectivity index (χ2v) is 6.68. The summed E-state index contributed by atoms with van der Waals surface area (Å²) in [7, 11) is 0. The number of carbonyl (C=O) groups is 1. The van der Waals surface area contributed by atoms with Crippen LogP contribution in [-0.2, 0) is 6.54 Å². The number of nitrogens with one attached hydrogen (secondary N) is 1. The van der Waals surface area contributed by atoms with Crippen LogP contribution in [0.3, 0.4) is 0 Å². The summed E-state index contributed by atoms with van der Waals surface area (Å²) in [5.74, 6) is -0.321. The van der Waals surface area contributed by atoms with E-state index in [2.05, 4.69) is 31.3 Å². The van der Waals surface area contributed by atoms with Gasteiger partial charge in [0, 0.05) is 33.7 Å². The Hall–Kier alpha value is -2.63. The number of halogens is 2. The average Bonchev–Trinajstić information content (AvgIpc) is 3.24. The van der Waals surface area contributed by atoms with Crippen LogP contribution in [0.25, 0.3) is 11.3 Å². The number of oxazole rings is 1. The SMILES string of the molecule is CC(Cn1ccc(-c2ccc(C#N)c(Cl)c2)n1)NC(=O)c1coc(Br)n1. The van der Waals surface area contributed by atoms with Gasteiger partial charge in [0.15, 0.2) is 5.69 Å². The zero-order chi connectivity index (χ0) is 18.7. The number of aromatic nitrogens is 3. The fourth-order valence-electron chi connectivity index (χ4n) is 2.36. The van der Waals surface area contributed by atoms with Gasteiger partial charge in [-0.1, -0.05) is 17.7 Å². The quantitative estimate of drug-likeness (QED) is 0.661. The summed E-state index contributed by atoms with van der Waals surface area (Å²) >= 11 is 9.13. The predicted molar refractivity (Wildman–Crippen MR) is 98.5 cm³/mol. The molecule has 9 heteroatoms. The predicted octanol–water partition coefficient (Wildman–Crippen LogP) is 3.64. The van der Waals surface area contributed by atoms with Crippen LogP contribution in [0.4, 0.5) is 0 Å². The van der Waals surface area contributed by atoms with Gasteiger partial charge in [-0.2, -0.15) is 15.3 Å². The first-order chi connectivity index (χ1) is 12.5. The fraction of sp³-hybridized carbons (Fsp3) is 0.176. The first kappa shape index (κ1) is 18.2. The molecule has 1 atom stereocenters. The van der Waals surface area contributed by atoms with Gasteiger partial charge in [0.25, 0.3) is 10.7 Å². The van der Waals surface area contributed by atoms with Crippen molar-refractivity contribution in [3.63, 3.8) is 0 Å². The van der Waals surface area contributed by atoms with E-state index in [9.17, 15) is 4.79 Å². The van der Waals surface area contributed by atoms with Gasteiger partial charge in [-0.15, -0.1) is 0 Å². The number of nitriles is 1. The van der Waals surface area contributed by atoms with Crippen LogP contribution in [0.2, 0.25) is 5.02 Å². The van der Waals surface area contributed by atoms with Gasteiger partial charge in [0.2, 0.25) is 0 Å². The molecule has 3 aromatic rings. The van der Waals surface area contributed by atoms with Crippen molar-refractivity contribution < 1.29 is 9.21 Å². The number of carbonyl (C=O) groups excluding carboxylic acids is 1. The first-order valence-electron chi connectivity index (χ1n) is 7.61. The summed E-state index contributed by atoms with van der Waals surface area (Å²) < 4.78 is 6.69. The number of rotatable bonds is 5. The van der Waals surface area contributed by atoms with E-state index < -0.39 is 0 Å². The lowest BCUT2D eigenvalue weighted by atomic mass is 10.1. The molecule has 3 rings (SSSR count). The monoisotopic (exact) mass is 433 g/mol. The molecular formula is C17H13BrClN5O2. The highest BCUT2D eigenvalue weighted by atomic mass is 79.9. The maximum absolute atomic E-state index is 12.1. The Morgan fingerprint density at radius 1 is 1.50 bits per heavy atom. The van der Waals surface area contributed by atoms with E-state index in [1.54, 1.807) is 22.9 Å². The lowest BCUT2D eigenvalue weighted by molar-refractivity contribution is 0.0931. The van der Waals surface area contributed by atoms with Gasteiger partial charge < -0.3 is 9.73 Å². The number of amides is 1. The van der Waals surface area contributed by atoms with Gasteiger partial charge in [-0.25, -0.2) is 0 Å². The van der Waals surface area contributed by atoms with E-state index in [1.165, 1.54) is 6.26 Å². The molecule has 1 unspecified atom stereocenters. The highest BCUT2D eigenvalue weighted by Crippen LogP contribution is 2.24. The molecule has 0 fully saturated rings. The topological polar surface area (TPSA) is 96.7 Å². The van der Waals surface area contributed by atoms with E-state index in [0.29, 0.717) is 17.1 Å². The lowest BCUT2D eigenvalue weighted by Crippen LogP contribution is -2.36. The third-order valence-electron chi connectivity index (χ3n) is 3.57. The molecule has 1 amide bonds. The van der Waals surface area contributed by atoms with Crippen LogP contribution in [0.1, 0.15) is 23.0 Å². The van der Waals surface area contributed by atoms with Gasteiger partial charge >= 0.3 is 0 Å². The van der Waals surface area contributed by atoms with Crippen molar-refractivity contribution in [2.24, 2.45) is 0 Å². The summed E-state index contributed by atoms with van der Waals surface area (Å²) in [6.07, 6.45) is 3.10. The molecule has 0 aliphatic carbocycles. The fourth-order valence-corrected chi connectivity index (χ4v) is 2.87. The number of hydrogen-bond acceptors (Lipinski definition) is 5. The van der Waals surface area contributed by atoms with Crippen molar-refractivity contribution >= 4 is 33.4 Å². The maximum Gasteiger partial charge on any atom is 0.273 e. The van der Waals surface area contributed by atoms with Crippen molar-refractivity contribution in [2.45, 2.75) is 19.5 Å². The first-order valence-corrected chi connectivity index (χ1v) is 8.78. The molecule has 132 valence electrons. The Balaban J connectivity index is 1.65. The molecule has 0 radical (unpaired) electrons. The average molecular weight is 435 g/mol. The molecular weight excluding hydrogens is 422 g/mol. The van der Waals surface area contributed by atoms with Crippen molar-refractivity contribution in [1.82, 2.24) is 20.1 Å². The van der Waals surface area contributed by atoms with Crippen LogP contribution in [-0.4, -0.2) is 26.7 Å². The largest absolute Gasteiger partial charge is 0.439 e. The zero-order valence-electron chi connectivity index (χ0n) is 13.6. The Morgan fingerprint density at radius 2 is 2.31 bits per heavy atom. The molecule has 0 aliphatic heterocycles. The zero-order valence-corrected chi connectivity index (χ0v) is 16.0. The van der Waals surface area contributed by atoms with Crippen molar-refractivity contribution in [3.05, 3.63) is 57.8 Å². The second-order valence-electron chi connectivity index (χ2n) is 5.59. The standard InChI is InChI=1S/C17H13BrClN5O2/c1-10(21-16(25)15-9-26-17(18)22-15)8-24-5-4-14(23-24)11-2-3-12(7-20)13(19)6-11/h2-6,9-10H,8H2,1H3,(H,21,25). The summed E-state index contributed by atoms with van der Waals surface area (Å²) in [6.45, 7) is 2.35. The Morgan fingerprint density at radius 3 is 2.96 bits per heavy atom. The molecule has 0 bridgehead atoms. The number of hydrogen-bond donors (Lipinski definition) is 1. The van der Waals surface area contributed by atoms with Crippen molar-refractivity contribution in [2.75, 3.05) is 0 Å². The van der Waals surface area contributed by atoms with E-state index in [1.807, 2.05) is 25.3 Å². The number of benzene rings is 1. The molecule has 0 aliphatic rings. The Labute approximate surface area is 162 Å². The van der Waals surface area contributed by atoms with E-state index in [0.717, 1.165) is 11.3 Å². The van der Waals surface area contributed by atoms with Crippen molar-refractivity contribution in [3.8, 4) is 17.3 Å². The summed E-state index contributed by atoms with van der Waals surface area (Å²) in [5.41, 5.74) is 2.18. The van der Waals surface area contributed by atoms with Crippen LogP contribution >= 0.6 is 27.5 Å². The summed E-state index contributed by atoms with van der Waals surface area (Å²) in [6, 6.07) is 8.87. The molecule has 2 aromatic heterocycles. The molecule has 7 nitrogen and oxygen atoms in total. The Bertz CT molecular complexity index is 991. The van der Waals surface area contributed by atoms with Gasteiger partial charge in [-0.05, 0) is 25.1 Å². The third-order valence-corrected chi connectivity index (χ3v) is 4.25. The van der Waals surface area contributed by atoms with Gasteiger partial charge in [0.05, 0.1) is 22.8 Å². The number of nitrogens with zero attached hydrogens (tertiary/aromatic N) is 4. The summed E-state index contributed by atoms with van der Waals surface area (Å²) in [5, 5.41) is 16.6. The minimum absolute atomic E-state index is 0.171. The molecule has 26 heavy (non-hydrogen) atoms. The molecule has 0 spiro atoms. The van der Waals surface area contributed by atoms with Crippen LogP contribution in [0, 0.1) is 11.3 Å². The highest BCUT2D eigenvalue weighted by molar-refractivity contribution is 9.10. The van der Waals surface area contributed by atoms with Crippen molar-refractivity contribution in [1.29, 1.82) is 5.26 Å².